The third-order valence-electron chi connectivity index (χ3n) is 2.36. The lowest BCUT2D eigenvalue weighted by atomic mass is 10.0. The number of carbonyl (C=O) groups excluding carboxylic acids is 1. The monoisotopic (exact) mass is 217 g/mol. The lowest BCUT2D eigenvalue weighted by Gasteiger charge is -2.12. The van der Waals surface area contributed by atoms with Crippen LogP contribution in [0.5, 0.6) is 0 Å². The van der Waals surface area contributed by atoms with Gasteiger partial charge in [-0.3, -0.25) is 4.79 Å². The smallest absolute Gasteiger partial charge is 0.226 e. The molecular weight excluding hydrogens is 202 g/mol. The highest BCUT2D eigenvalue weighted by molar-refractivity contribution is 6.18. The minimum atomic E-state index is 0.0133. The van der Waals surface area contributed by atoms with Crippen LogP contribution >= 0.6 is 11.6 Å². The van der Waals surface area contributed by atoms with Gasteiger partial charge in [0.1, 0.15) is 0 Å². The molecule has 1 amide bonds. The Morgan fingerprint density at radius 1 is 1.64 bits per heavy atom. The van der Waals surface area contributed by atoms with Crippen molar-refractivity contribution >= 4 is 17.5 Å². The maximum Gasteiger partial charge on any atom is 0.226 e. The zero-order chi connectivity index (χ0) is 10.4. The fourth-order valence-corrected chi connectivity index (χ4v) is 1.64. The predicted octanol–water partition coefficient (Wildman–Crippen LogP) is 1.32. The van der Waals surface area contributed by atoms with Crippen LogP contribution in [0.3, 0.4) is 0 Å². The number of ether oxygens (including phenoxy) is 1. The second-order valence-corrected chi connectivity index (χ2v) is 3.65. The van der Waals surface area contributed by atoms with Gasteiger partial charge in [-0.2, -0.15) is 0 Å². The van der Waals surface area contributed by atoms with E-state index in [9.17, 15) is 4.79 Å². The molecule has 0 saturated carbocycles. The predicted molar refractivity (Wildman–Crippen MR) is 56.4 cm³/mol. The van der Waals surface area contributed by atoms with E-state index in [0.29, 0.717) is 19.0 Å². The van der Waals surface area contributed by atoms with Gasteiger partial charge in [0.05, 0.1) is 12.0 Å². The van der Waals surface area contributed by atoms with Crippen LogP contribution in [-0.2, 0) is 9.53 Å². The molecule has 3 nitrogen and oxygen atoms in total. The van der Waals surface area contributed by atoms with Crippen LogP contribution in [0, 0.1) is 5.92 Å². The number of allylic oxidation sites excluding steroid dienone is 1. The summed E-state index contributed by atoms with van der Waals surface area (Å²) >= 11 is 5.45. The van der Waals surface area contributed by atoms with Crippen molar-refractivity contribution in [2.75, 3.05) is 19.0 Å². The molecule has 2 unspecified atom stereocenters. The summed E-state index contributed by atoms with van der Waals surface area (Å²) in [7, 11) is 0. The summed E-state index contributed by atoms with van der Waals surface area (Å²) in [5.74, 6) is 0.576. The van der Waals surface area contributed by atoms with E-state index in [1.165, 1.54) is 0 Å². The van der Waals surface area contributed by atoms with Crippen LogP contribution in [0.15, 0.2) is 12.2 Å². The third kappa shape index (κ3) is 3.31. The molecule has 1 heterocycles. The number of hydrogen-bond acceptors (Lipinski definition) is 2. The second-order valence-electron chi connectivity index (χ2n) is 3.34. The molecule has 0 aromatic heterocycles. The number of carbonyl (C=O) groups is 1. The van der Waals surface area contributed by atoms with Gasteiger partial charge in [-0.15, -0.1) is 11.6 Å². The number of amides is 1. The van der Waals surface area contributed by atoms with Gasteiger partial charge >= 0.3 is 0 Å². The van der Waals surface area contributed by atoms with E-state index in [4.69, 9.17) is 16.3 Å². The van der Waals surface area contributed by atoms with Gasteiger partial charge in [0.25, 0.3) is 0 Å². The number of rotatable bonds is 4. The molecule has 1 N–H and O–H groups in total. The van der Waals surface area contributed by atoms with Gasteiger partial charge < -0.3 is 10.1 Å². The van der Waals surface area contributed by atoms with Crippen LogP contribution < -0.4 is 5.32 Å². The van der Waals surface area contributed by atoms with E-state index in [-0.39, 0.29) is 17.9 Å². The van der Waals surface area contributed by atoms with Crippen LogP contribution in [0.2, 0.25) is 0 Å². The topological polar surface area (TPSA) is 38.3 Å². The molecule has 1 rings (SSSR count). The Hall–Kier alpha value is -0.540. The molecule has 1 aliphatic rings. The molecule has 80 valence electrons. The number of hydrogen-bond donors (Lipinski definition) is 1. The van der Waals surface area contributed by atoms with Gasteiger partial charge in [0.15, 0.2) is 0 Å². The molecule has 4 heteroatoms. The van der Waals surface area contributed by atoms with E-state index in [0.717, 1.165) is 6.42 Å². The van der Waals surface area contributed by atoms with E-state index >= 15 is 0 Å². The molecule has 1 aliphatic heterocycles. The molecule has 0 aliphatic carbocycles. The molecule has 0 spiro atoms. The lowest BCUT2D eigenvalue weighted by molar-refractivity contribution is -0.126. The first-order valence-corrected chi connectivity index (χ1v) is 5.39. The van der Waals surface area contributed by atoms with Crippen LogP contribution in [0.4, 0.5) is 0 Å². The van der Waals surface area contributed by atoms with Gasteiger partial charge in [-0.1, -0.05) is 12.2 Å². The number of nitrogens with one attached hydrogen (secondary N) is 1. The Bertz CT molecular complexity index is 218. The van der Waals surface area contributed by atoms with Crippen molar-refractivity contribution in [2.24, 2.45) is 5.92 Å². The maximum atomic E-state index is 11.6. The minimum absolute atomic E-state index is 0.0133. The molecule has 0 aromatic carbocycles. The van der Waals surface area contributed by atoms with E-state index in [1.807, 2.05) is 19.1 Å². The zero-order valence-corrected chi connectivity index (χ0v) is 9.09. The summed E-state index contributed by atoms with van der Waals surface area (Å²) in [6, 6.07) is 0. The maximum absolute atomic E-state index is 11.6. The summed E-state index contributed by atoms with van der Waals surface area (Å²) in [5, 5.41) is 2.83. The van der Waals surface area contributed by atoms with Crippen molar-refractivity contribution in [3.63, 3.8) is 0 Å². The van der Waals surface area contributed by atoms with Crippen molar-refractivity contribution in [1.82, 2.24) is 5.32 Å². The SMILES string of the molecule is CC1OCCC1C(=O)NC/C=C/CCl. The molecule has 1 fully saturated rings. The van der Waals surface area contributed by atoms with E-state index in [1.54, 1.807) is 0 Å². The molecule has 2 atom stereocenters. The quantitative estimate of drug-likeness (QED) is 0.570. The summed E-state index contributed by atoms with van der Waals surface area (Å²) in [5.41, 5.74) is 0. The van der Waals surface area contributed by atoms with Crippen molar-refractivity contribution < 1.29 is 9.53 Å². The molecule has 1 saturated heterocycles. The normalized spacial score (nSPS) is 27.0. The zero-order valence-electron chi connectivity index (χ0n) is 8.33. The van der Waals surface area contributed by atoms with Crippen LogP contribution in [0.25, 0.3) is 0 Å². The first kappa shape index (κ1) is 11.5. The van der Waals surface area contributed by atoms with Crippen molar-refractivity contribution in [2.45, 2.75) is 19.4 Å². The highest BCUT2D eigenvalue weighted by Crippen LogP contribution is 2.20. The Balaban J connectivity index is 2.24. The van der Waals surface area contributed by atoms with Gasteiger partial charge in [-0.25, -0.2) is 0 Å². The Kier molecular flexibility index (Phi) is 4.98. The Morgan fingerprint density at radius 2 is 2.43 bits per heavy atom. The largest absolute Gasteiger partial charge is 0.378 e. The number of halogens is 1. The summed E-state index contributed by atoms with van der Waals surface area (Å²) in [4.78, 5) is 11.6. The van der Waals surface area contributed by atoms with E-state index in [2.05, 4.69) is 5.32 Å². The summed E-state index contributed by atoms with van der Waals surface area (Å²) < 4.78 is 5.31. The Labute approximate surface area is 89.5 Å². The standard InChI is InChI=1S/C10H16ClNO2/c1-8-9(4-7-14-8)10(13)12-6-3-2-5-11/h2-3,8-9H,4-7H2,1H3,(H,12,13)/b3-2+. The first-order valence-electron chi connectivity index (χ1n) is 4.86. The second kappa shape index (κ2) is 6.04. The van der Waals surface area contributed by atoms with Gasteiger partial charge in [-0.05, 0) is 13.3 Å². The molecule has 14 heavy (non-hydrogen) atoms. The molecule has 0 radical (unpaired) electrons. The van der Waals surface area contributed by atoms with Crippen molar-refractivity contribution in [3.8, 4) is 0 Å². The number of alkyl halides is 1. The highest BCUT2D eigenvalue weighted by Gasteiger charge is 2.30. The third-order valence-corrected chi connectivity index (χ3v) is 2.54. The average molecular weight is 218 g/mol. The van der Waals surface area contributed by atoms with Crippen molar-refractivity contribution in [3.05, 3.63) is 12.2 Å². The van der Waals surface area contributed by atoms with E-state index < -0.39 is 0 Å². The first-order chi connectivity index (χ1) is 6.75. The molecule has 0 bridgehead atoms. The fourth-order valence-electron chi connectivity index (χ4n) is 1.51. The Morgan fingerprint density at radius 3 is 3.00 bits per heavy atom. The summed E-state index contributed by atoms with van der Waals surface area (Å²) in [6.07, 6.45) is 4.54. The van der Waals surface area contributed by atoms with Gasteiger partial charge in [0, 0.05) is 19.0 Å². The molecular formula is C10H16ClNO2. The lowest BCUT2D eigenvalue weighted by Crippen LogP contribution is -2.34. The van der Waals surface area contributed by atoms with Crippen LogP contribution in [-0.4, -0.2) is 31.0 Å². The average Bonchev–Trinajstić information content (AvgIpc) is 2.59. The summed E-state index contributed by atoms with van der Waals surface area (Å²) in [6.45, 7) is 3.18. The van der Waals surface area contributed by atoms with Crippen LogP contribution in [0.1, 0.15) is 13.3 Å². The minimum Gasteiger partial charge on any atom is -0.378 e. The fraction of sp³-hybridized carbons (Fsp3) is 0.700. The highest BCUT2D eigenvalue weighted by atomic mass is 35.5. The van der Waals surface area contributed by atoms with Gasteiger partial charge in [0.2, 0.25) is 5.91 Å². The molecule has 0 aromatic rings. The van der Waals surface area contributed by atoms with Crippen molar-refractivity contribution in [1.29, 1.82) is 0 Å².